The lowest BCUT2D eigenvalue weighted by atomic mass is 9.96. The van der Waals surface area contributed by atoms with Crippen LogP contribution < -0.4 is 5.32 Å². The van der Waals surface area contributed by atoms with E-state index in [1.807, 2.05) is 13.0 Å². The minimum atomic E-state index is -1.97. The van der Waals surface area contributed by atoms with Crippen molar-refractivity contribution >= 4 is 5.91 Å². The van der Waals surface area contributed by atoms with Crippen molar-refractivity contribution < 1.29 is 89.4 Å². The van der Waals surface area contributed by atoms with Crippen molar-refractivity contribution in [2.75, 3.05) is 26.4 Å². The van der Waals surface area contributed by atoms with E-state index in [1.165, 1.54) is 38.5 Å². The van der Waals surface area contributed by atoms with Gasteiger partial charge in [-0.05, 0) is 19.3 Å². The largest absolute Gasteiger partial charge is 0.394 e. The highest BCUT2D eigenvalue weighted by atomic mass is 16.8. The average Bonchev–Trinajstić information content (AvgIpc) is 3.20. The van der Waals surface area contributed by atoms with Crippen molar-refractivity contribution in [1.82, 2.24) is 5.32 Å². The molecule has 3 rings (SSSR count). The molecule has 57 heavy (non-hydrogen) atoms. The third-order valence-corrected chi connectivity index (χ3v) is 10.6. The summed E-state index contributed by atoms with van der Waals surface area (Å²) in [6.07, 6.45) is -11.2. The molecular weight excluding hydrogens is 758 g/mol. The number of amides is 1. The Hall–Kier alpha value is -1.47. The Morgan fingerprint density at radius 2 is 1.09 bits per heavy atom. The second-order valence-corrected chi connectivity index (χ2v) is 15.1. The Morgan fingerprint density at radius 1 is 0.614 bits per heavy atom. The van der Waals surface area contributed by atoms with E-state index in [9.17, 15) is 61.0 Å². The number of unbranched alkanes of at least 4 members (excludes halogenated alkanes) is 9. The maximum Gasteiger partial charge on any atom is 0.220 e. The topological polar surface area (TPSA) is 307 Å². The summed E-state index contributed by atoms with van der Waals surface area (Å²) in [5.41, 5.74) is 0. The van der Waals surface area contributed by atoms with Crippen LogP contribution in [0, 0.1) is 0 Å². The smallest absolute Gasteiger partial charge is 0.220 e. The quantitative estimate of drug-likeness (QED) is 0.0337. The van der Waals surface area contributed by atoms with Crippen LogP contribution >= 0.6 is 0 Å². The van der Waals surface area contributed by atoms with Gasteiger partial charge in [0.1, 0.15) is 73.2 Å². The molecule has 0 aromatic heterocycles. The molecule has 19 heteroatoms. The molecule has 0 aromatic carbocycles. The molecule has 1 amide bonds. The summed E-state index contributed by atoms with van der Waals surface area (Å²) in [6, 6.07) is -0.959. The number of aliphatic hydroxyl groups excluding tert-OH is 11. The predicted molar refractivity (Wildman–Crippen MR) is 199 cm³/mol. The Morgan fingerprint density at radius 3 is 1.61 bits per heavy atom. The summed E-state index contributed by atoms with van der Waals surface area (Å²) in [5, 5.41) is 118. The van der Waals surface area contributed by atoms with Crippen LogP contribution in [0.5, 0.6) is 0 Å². The van der Waals surface area contributed by atoms with Gasteiger partial charge in [0.15, 0.2) is 18.9 Å². The highest BCUT2D eigenvalue weighted by Gasteiger charge is 2.53. The lowest BCUT2D eigenvalue weighted by Crippen LogP contribution is -2.66. The minimum Gasteiger partial charge on any atom is -0.394 e. The minimum absolute atomic E-state index is 0.194. The van der Waals surface area contributed by atoms with E-state index in [1.54, 1.807) is 6.08 Å². The van der Waals surface area contributed by atoms with Crippen LogP contribution in [0.3, 0.4) is 0 Å². The second kappa shape index (κ2) is 26.0. The number of carbonyl (C=O) groups excluding carboxylic acids is 1. The van der Waals surface area contributed by atoms with E-state index >= 15 is 0 Å². The Balaban J connectivity index is 1.58. The molecule has 0 bridgehead atoms. The predicted octanol–water partition coefficient (Wildman–Crippen LogP) is -2.43. The van der Waals surface area contributed by atoms with Gasteiger partial charge in [-0.25, -0.2) is 0 Å². The number of hydrogen-bond acceptors (Lipinski definition) is 18. The van der Waals surface area contributed by atoms with E-state index in [0.717, 1.165) is 25.7 Å². The van der Waals surface area contributed by atoms with Gasteiger partial charge >= 0.3 is 0 Å². The van der Waals surface area contributed by atoms with Gasteiger partial charge in [-0.15, -0.1) is 0 Å². The zero-order valence-electron chi connectivity index (χ0n) is 33.1. The Labute approximate surface area is 334 Å². The molecule has 17 atom stereocenters. The zero-order chi connectivity index (χ0) is 42.1. The van der Waals surface area contributed by atoms with E-state index in [4.69, 9.17) is 28.4 Å². The molecule has 0 radical (unpaired) electrons. The van der Waals surface area contributed by atoms with Gasteiger partial charge in [-0.1, -0.05) is 77.4 Å². The summed E-state index contributed by atoms with van der Waals surface area (Å²) in [5.74, 6) is -0.334. The van der Waals surface area contributed by atoms with Crippen LogP contribution in [0.1, 0.15) is 90.9 Å². The van der Waals surface area contributed by atoms with E-state index in [-0.39, 0.29) is 18.9 Å². The molecule has 0 spiro atoms. The molecule has 3 fully saturated rings. The fourth-order valence-corrected chi connectivity index (χ4v) is 7.05. The summed E-state index contributed by atoms with van der Waals surface area (Å²) in [6.45, 7) is 1.25. The number of hydrogen-bond donors (Lipinski definition) is 12. The van der Waals surface area contributed by atoms with Crippen molar-refractivity contribution in [3.05, 3.63) is 12.2 Å². The second-order valence-electron chi connectivity index (χ2n) is 15.1. The monoisotopic (exact) mass is 827 g/mol. The van der Waals surface area contributed by atoms with Crippen LogP contribution in [0.4, 0.5) is 0 Å². The highest BCUT2D eigenvalue weighted by Crippen LogP contribution is 2.32. The van der Waals surface area contributed by atoms with E-state index < -0.39 is 124 Å². The van der Waals surface area contributed by atoms with Crippen molar-refractivity contribution in [3.63, 3.8) is 0 Å². The molecule has 0 aromatic rings. The number of nitrogens with one attached hydrogen (secondary N) is 1. The first-order valence-electron chi connectivity index (χ1n) is 20.4. The van der Waals surface area contributed by atoms with Crippen molar-refractivity contribution in [1.29, 1.82) is 0 Å². The first-order valence-corrected chi connectivity index (χ1v) is 20.4. The van der Waals surface area contributed by atoms with Crippen LogP contribution in [0.25, 0.3) is 0 Å². The first-order chi connectivity index (χ1) is 27.3. The van der Waals surface area contributed by atoms with Gasteiger partial charge in [0.25, 0.3) is 0 Å². The van der Waals surface area contributed by atoms with Crippen LogP contribution in [0.15, 0.2) is 12.2 Å². The van der Waals surface area contributed by atoms with Gasteiger partial charge in [0.2, 0.25) is 5.91 Å². The average molecular weight is 828 g/mol. The van der Waals surface area contributed by atoms with Gasteiger partial charge in [-0.3, -0.25) is 4.79 Å². The standard InChI is InChI=1S/C38H69NO18/c1-3-5-6-7-8-9-10-11-12-13-14-16-22(43)21(39-26(44)15-4-2)20-52-36-32(50)29(47)34(24(18-41)54-36)57-38-33(51)30(48)35(25(19-42)55-38)56-37-31(49)28(46)27(45)23(17-40)53-37/h14,16,21-25,27-38,40-43,45-51H,3-13,15,17-20H2,1-2H3,(H,39,44)/b16-14+. The summed E-state index contributed by atoms with van der Waals surface area (Å²) in [7, 11) is 0. The molecule has 12 N–H and O–H groups in total. The summed E-state index contributed by atoms with van der Waals surface area (Å²) < 4.78 is 33.6. The van der Waals surface area contributed by atoms with Gasteiger partial charge in [-0.2, -0.15) is 0 Å². The molecule has 3 aliphatic heterocycles. The maximum atomic E-state index is 12.5. The lowest BCUT2D eigenvalue weighted by molar-refractivity contribution is -0.379. The molecule has 3 aliphatic rings. The van der Waals surface area contributed by atoms with Crippen LogP contribution in [0.2, 0.25) is 0 Å². The third-order valence-electron chi connectivity index (χ3n) is 10.6. The molecule has 3 saturated heterocycles. The number of rotatable bonds is 25. The van der Waals surface area contributed by atoms with Crippen molar-refractivity contribution in [3.8, 4) is 0 Å². The molecular formula is C38H69NO18. The molecule has 0 aliphatic carbocycles. The number of carbonyl (C=O) groups is 1. The molecule has 17 unspecified atom stereocenters. The maximum absolute atomic E-state index is 12.5. The first kappa shape index (κ1) is 49.9. The Bertz CT molecular complexity index is 1130. The zero-order valence-corrected chi connectivity index (χ0v) is 33.1. The summed E-state index contributed by atoms with van der Waals surface area (Å²) in [4.78, 5) is 12.5. The lowest BCUT2D eigenvalue weighted by Gasteiger charge is -2.48. The fourth-order valence-electron chi connectivity index (χ4n) is 7.05. The molecule has 0 saturated carbocycles. The third kappa shape index (κ3) is 14.6. The summed E-state index contributed by atoms with van der Waals surface area (Å²) >= 11 is 0. The van der Waals surface area contributed by atoms with Crippen LogP contribution in [-0.2, 0) is 33.2 Å². The number of aliphatic hydroxyl groups is 11. The van der Waals surface area contributed by atoms with Crippen LogP contribution in [-0.4, -0.2) is 193 Å². The fraction of sp³-hybridized carbons (Fsp3) is 0.921. The van der Waals surface area contributed by atoms with Gasteiger partial charge in [0, 0.05) is 6.42 Å². The highest BCUT2D eigenvalue weighted by molar-refractivity contribution is 5.76. The van der Waals surface area contributed by atoms with E-state index in [0.29, 0.717) is 6.42 Å². The number of ether oxygens (including phenoxy) is 6. The number of allylic oxidation sites excluding steroid dienone is 1. The van der Waals surface area contributed by atoms with Crippen molar-refractivity contribution in [2.24, 2.45) is 0 Å². The molecule has 3 heterocycles. The van der Waals surface area contributed by atoms with Gasteiger partial charge in [0.05, 0.1) is 38.6 Å². The van der Waals surface area contributed by atoms with Crippen molar-refractivity contribution in [2.45, 2.75) is 195 Å². The van der Waals surface area contributed by atoms with E-state index in [2.05, 4.69) is 12.2 Å². The normalized spacial score (nSPS) is 37.3. The Kier molecular flexibility index (Phi) is 22.8. The molecule has 334 valence electrons. The SMILES string of the molecule is CCCCCCCCCCC/C=C/C(O)C(COC1OC(CO)C(OC2OC(CO)C(OC3OC(CO)C(O)C(O)C3O)C(O)C2O)C(O)C1O)NC(=O)CCC. The van der Waals surface area contributed by atoms with Gasteiger partial charge < -0.3 is 89.9 Å². The molecule has 19 nitrogen and oxygen atoms in total.